The molecule has 1 aliphatic rings. The molecule has 0 spiro atoms. The van der Waals surface area contributed by atoms with Gasteiger partial charge in [0, 0.05) is 63.1 Å². The summed E-state index contributed by atoms with van der Waals surface area (Å²) < 4.78 is 192. The average Bonchev–Trinajstić information content (AvgIpc) is 1.28. The predicted octanol–water partition coefficient (Wildman–Crippen LogP) is 21.6. The van der Waals surface area contributed by atoms with Gasteiger partial charge in [-0.25, -0.2) is 4.98 Å². The number of ether oxygens (including phenoxy) is 2. The van der Waals surface area contributed by atoms with Crippen molar-refractivity contribution in [2.75, 3.05) is 16.5 Å². The molecule has 0 saturated heterocycles. The third kappa shape index (κ3) is 9.81. The van der Waals surface area contributed by atoms with Crippen molar-refractivity contribution >= 4 is 44.6 Å². The van der Waals surface area contributed by atoms with E-state index < -0.39 is 109 Å². The van der Waals surface area contributed by atoms with Crippen LogP contribution in [0.4, 0.5) is 22.7 Å². The highest BCUT2D eigenvalue weighted by molar-refractivity contribution is 6.11. The molecule has 0 radical (unpaired) electrons. The molecule has 13 aromatic rings. The average molecular weight is 1110 g/mol. The molecule has 0 saturated carbocycles. The molecule has 0 bridgehead atoms. The maximum absolute atomic E-state index is 9.18. The lowest BCUT2D eigenvalue weighted by Gasteiger charge is -2.27. The highest BCUT2D eigenvalue weighted by Crippen LogP contribution is 2.51. The van der Waals surface area contributed by atoms with Gasteiger partial charge in [-0.3, -0.25) is 4.57 Å². The first-order chi connectivity index (χ1) is 49.6. The van der Waals surface area contributed by atoms with Gasteiger partial charge in [-0.05, 0) is 111 Å². The minimum absolute atomic E-state index is 0.00309. The Labute approximate surface area is 519 Å². The fourth-order valence-corrected chi connectivity index (χ4v) is 11.0. The fourth-order valence-electron chi connectivity index (χ4n) is 11.0. The maximum atomic E-state index is 9.18. The van der Waals surface area contributed by atoms with Crippen molar-refractivity contribution in [2.24, 2.45) is 0 Å². The Balaban J connectivity index is 0.905. The third-order valence-corrected chi connectivity index (χ3v) is 15.1. The standard InChI is InChI=1S/C78H62N4O2/c1-52(2)59-44-60(53(3)4)46-61(45-59)69-35-21-34-68(57-28-15-8-16-29-57)78(69)84-65-42-43-79-76(50-65)82-72-41-38-58(54-22-9-5-10-23-54)47-71(72)70-40-39-64(49-75(70)82)83-63-31-19-30-62(48-63)80-51-81(74-37-18-17-36-73(74)80)77-66(55-24-11-6-12-25-55)32-20-33-67(77)56-26-13-7-14-27-56/h5-50,52-53H,51H2,1-4H3/i5D,6D,7D,8D,9D,10D,11D,12D,13D,14D,15D,16D,22D,23D,24D,25D,26D,27D,28D,29D. The molecule has 2 aromatic heterocycles. The molecule has 84 heavy (non-hydrogen) atoms. The molecule has 1 aliphatic heterocycles. The Hall–Kier alpha value is -10.4. The number of rotatable bonds is 14. The Morgan fingerprint density at radius 1 is 0.405 bits per heavy atom. The molecular weight excluding hydrogens is 1020 g/mol. The number of para-hydroxylation sites is 4. The van der Waals surface area contributed by atoms with Crippen LogP contribution < -0.4 is 19.3 Å². The predicted molar refractivity (Wildman–Crippen MR) is 349 cm³/mol. The highest BCUT2D eigenvalue weighted by atomic mass is 16.5. The molecule has 11 aromatic carbocycles. The van der Waals surface area contributed by atoms with Crippen molar-refractivity contribution in [1.29, 1.82) is 0 Å². The second-order valence-electron chi connectivity index (χ2n) is 20.9. The summed E-state index contributed by atoms with van der Waals surface area (Å²) >= 11 is 0. The van der Waals surface area contributed by atoms with Crippen LogP contribution in [0.1, 0.15) is 78.1 Å². The summed E-state index contributed by atoms with van der Waals surface area (Å²) in [6.45, 7) is 8.39. The van der Waals surface area contributed by atoms with Crippen molar-refractivity contribution in [3.8, 4) is 84.5 Å². The van der Waals surface area contributed by atoms with Gasteiger partial charge in [0.25, 0.3) is 0 Å². The molecule has 0 aliphatic carbocycles. The largest absolute Gasteiger partial charge is 0.457 e. The summed E-state index contributed by atoms with van der Waals surface area (Å²) in [7, 11) is 0. The number of pyridine rings is 1. The number of nitrogens with zero attached hydrogens (tertiary/aromatic N) is 4. The van der Waals surface area contributed by atoms with Crippen LogP contribution >= 0.6 is 0 Å². The molecule has 0 fully saturated rings. The monoisotopic (exact) mass is 1110 g/mol. The molecule has 6 nitrogen and oxygen atoms in total. The van der Waals surface area contributed by atoms with Gasteiger partial charge >= 0.3 is 0 Å². The van der Waals surface area contributed by atoms with Crippen LogP contribution in [0, 0.1) is 0 Å². The quantitative estimate of drug-likeness (QED) is 0.109. The van der Waals surface area contributed by atoms with E-state index in [4.69, 9.17) is 39.1 Å². The van der Waals surface area contributed by atoms with Gasteiger partial charge in [0.05, 0.1) is 55.5 Å². The van der Waals surface area contributed by atoms with E-state index in [1.807, 2.05) is 62.9 Å². The Morgan fingerprint density at radius 2 is 0.952 bits per heavy atom. The summed E-state index contributed by atoms with van der Waals surface area (Å²) in [4.78, 5) is 8.72. The number of benzene rings is 11. The normalized spacial score (nSPS) is 15.5. The Morgan fingerprint density at radius 3 is 1.58 bits per heavy atom. The van der Waals surface area contributed by atoms with Crippen molar-refractivity contribution in [3.63, 3.8) is 0 Å². The molecule has 0 unspecified atom stereocenters. The third-order valence-electron chi connectivity index (χ3n) is 15.1. The van der Waals surface area contributed by atoms with Crippen LogP contribution in [0.5, 0.6) is 23.0 Å². The van der Waals surface area contributed by atoms with Gasteiger partial charge in [-0.2, -0.15) is 0 Å². The minimum atomic E-state index is -0.608. The zero-order chi connectivity index (χ0) is 74.1. The van der Waals surface area contributed by atoms with Crippen LogP contribution in [-0.2, 0) is 0 Å². The maximum Gasteiger partial charge on any atom is 0.143 e. The van der Waals surface area contributed by atoms with E-state index in [0.717, 1.165) is 16.7 Å². The van der Waals surface area contributed by atoms with Gasteiger partial charge < -0.3 is 19.3 Å². The van der Waals surface area contributed by atoms with Gasteiger partial charge in [-0.1, -0.05) is 227 Å². The zero-order valence-electron chi connectivity index (χ0n) is 66.0. The molecule has 3 heterocycles. The van der Waals surface area contributed by atoms with Gasteiger partial charge in [-0.15, -0.1) is 0 Å². The van der Waals surface area contributed by atoms with Gasteiger partial charge in [0.2, 0.25) is 0 Å². The molecule has 14 rings (SSSR count). The minimum Gasteiger partial charge on any atom is -0.457 e. The Kier molecular flexibility index (Phi) is 8.99. The highest BCUT2D eigenvalue weighted by Gasteiger charge is 2.32. The summed E-state index contributed by atoms with van der Waals surface area (Å²) in [5, 5.41) is 1.25. The van der Waals surface area contributed by atoms with Crippen molar-refractivity contribution in [2.45, 2.75) is 39.5 Å². The fraction of sp³-hybridized carbons (Fsp3) is 0.0897. The van der Waals surface area contributed by atoms with E-state index in [-0.39, 0.29) is 86.7 Å². The number of hydrogen-bond donors (Lipinski definition) is 0. The summed E-state index contributed by atoms with van der Waals surface area (Å²) in [6, 6.07) is 34.6. The second-order valence-corrected chi connectivity index (χ2v) is 20.9. The summed E-state index contributed by atoms with van der Waals surface area (Å²) in [6.07, 6.45) is 1.56. The van der Waals surface area contributed by atoms with E-state index in [1.54, 1.807) is 91.1 Å². The topological polar surface area (TPSA) is 42.8 Å². The molecule has 0 atom stereocenters. The zero-order valence-corrected chi connectivity index (χ0v) is 46.0. The lowest BCUT2D eigenvalue weighted by molar-refractivity contribution is 0.483. The van der Waals surface area contributed by atoms with Gasteiger partial charge in [0.15, 0.2) is 0 Å². The van der Waals surface area contributed by atoms with Crippen molar-refractivity contribution in [3.05, 3.63) is 290 Å². The lowest BCUT2D eigenvalue weighted by atomic mass is 9.89. The van der Waals surface area contributed by atoms with E-state index in [9.17, 15) is 2.74 Å². The smallest absolute Gasteiger partial charge is 0.143 e. The molecule has 0 amide bonds. The first-order valence-electron chi connectivity index (χ1n) is 37.4. The van der Waals surface area contributed by atoms with E-state index in [0.29, 0.717) is 67.3 Å². The van der Waals surface area contributed by atoms with Gasteiger partial charge in [0.1, 0.15) is 35.5 Å². The van der Waals surface area contributed by atoms with Crippen molar-refractivity contribution in [1.82, 2.24) is 9.55 Å². The molecule has 6 heteroatoms. The molecule has 0 N–H and O–H groups in total. The van der Waals surface area contributed by atoms with E-state index >= 15 is 0 Å². The summed E-state index contributed by atoms with van der Waals surface area (Å²) in [5.41, 5.74) is 7.10. The van der Waals surface area contributed by atoms with Crippen LogP contribution in [0.3, 0.4) is 0 Å². The number of hydrogen-bond acceptors (Lipinski definition) is 5. The van der Waals surface area contributed by atoms with E-state index in [1.165, 1.54) is 0 Å². The summed E-state index contributed by atoms with van der Waals surface area (Å²) in [5.74, 6) is 1.75. The van der Waals surface area contributed by atoms with Crippen LogP contribution in [-0.4, -0.2) is 16.2 Å². The van der Waals surface area contributed by atoms with Crippen LogP contribution in [0.25, 0.3) is 83.3 Å². The first-order valence-corrected chi connectivity index (χ1v) is 27.4. The number of anilines is 4. The Bertz CT molecular complexity index is 5570. The first kappa shape index (κ1) is 34.1. The van der Waals surface area contributed by atoms with E-state index in [2.05, 4.69) is 45.9 Å². The van der Waals surface area contributed by atoms with Crippen molar-refractivity contribution < 1.29 is 36.9 Å². The van der Waals surface area contributed by atoms with Crippen LogP contribution in [0.15, 0.2) is 279 Å². The second kappa shape index (κ2) is 22.1. The lowest BCUT2D eigenvalue weighted by Crippen LogP contribution is -2.24. The molecular formula is C78H62N4O2. The SMILES string of the molecule is [2H]c1c([2H])c([2H])c(-c2ccc3c(c2)c2ccc(Oc4cccc(N5CN(c6c(-c7c([2H])c([2H])c([2H])c([2H])c7[2H])cccc6-c6c([2H])c([2H])c([2H])c([2H])c6[2H])c6ccccc65)c4)cc2n3-c2cc(Oc3c(-c4cc(C(C)C)cc(C(C)C)c4)cccc3-c3c([2H])c([2H])c([2H])c([2H])c3[2H])ccn2)c([2H])c1[2H]. The number of fused-ring (bicyclic) bond motifs is 4. The van der Waals surface area contributed by atoms with Crippen LogP contribution in [0.2, 0.25) is 0 Å². The molecule has 406 valence electrons. The number of aromatic nitrogens is 2.